The van der Waals surface area contributed by atoms with Crippen molar-refractivity contribution in [2.45, 2.75) is 12.3 Å². The monoisotopic (exact) mass is 290 g/mol. The maximum Gasteiger partial charge on any atom is 0.0567 e. The van der Waals surface area contributed by atoms with Gasteiger partial charge in [0.15, 0.2) is 0 Å². The molecule has 0 amide bonds. The van der Waals surface area contributed by atoms with Gasteiger partial charge in [-0.2, -0.15) is 0 Å². The minimum Gasteiger partial charge on any atom is -0.395 e. The molecule has 0 fully saturated rings. The predicted octanol–water partition coefficient (Wildman–Crippen LogP) is 3.95. The van der Waals surface area contributed by atoms with Gasteiger partial charge in [-0.15, -0.1) is 0 Å². The van der Waals surface area contributed by atoms with Crippen LogP contribution in [0.5, 0.6) is 0 Å². The van der Waals surface area contributed by atoms with Crippen molar-refractivity contribution >= 4 is 21.8 Å². The van der Waals surface area contributed by atoms with Gasteiger partial charge in [-0.25, -0.2) is 0 Å². The van der Waals surface area contributed by atoms with Crippen LogP contribution in [-0.2, 0) is 5.41 Å². The Labute approximate surface area is 128 Å². The van der Waals surface area contributed by atoms with Crippen LogP contribution in [0.15, 0.2) is 60.9 Å². The van der Waals surface area contributed by atoms with Gasteiger partial charge in [0.25, 0.3) is 0 Å². The zero-order valence-electron chi connectivity index (χ0n) is 12.4. The summed E-state index contributed by atoms with van der Waals surface area (Å²) in [7, 11) is 0. The normalized spacial score (nSPS) is 12.3. The highest BCUT2D eigenvalue weighted by Crippen LogP contribution is 2.39. The SMILES string of the molecule is CC(CO)(c1c[nH]c2ccccc12)c1c[nH]c2ccccc12. The average Bonchev–Trinajstić information content (AvgIpc) is 3.19. The molecule has 0 aliphatic rings. The molecule has 0 saturated heterocycles. The van der Waals surface area contributed by atoms with E-state index in [-0.39, 0.29) is 6.61 Å². The highest BCUT2D eigenvalue weighted by atomic mass is 16.3. The number of rotatable bonds is 3. The maximum absolute atomic E-state index is 10.2. The zero-order valence-corrected chi connectivity index (χ0v) is 12.4. The van der Waals surface area contributed by atoms with Crippen molar-refractivity contribution in [3.05, 3.63) is 72.1 Å². The Balaban J connectivity index is 2.00. The molecule has 3 heteroatoms. The van der Waals surface area contributed by atoms with E-state index in [1.54, 1.807) is 0 Å². The fourth-order valence-corrected chi connectivity index (χ4v) is 3.37. The number of aliphatic hydroxyl groups is 1. The number of fused-ring (bicyclic) bond motifs is 2. The Bertz CT molecular complexity index is 874. The number of hydrogen-bond acceptors (Lipinski definition) is 1. The topological polar surface area (TPSA) is 51.8 Å². The lowest BCUT2D eigenvalue weighted by Crippen LogP contribution is -2.27. The number of benzene rings is 2. The van der Waals surface area contributed by atoms with E-state index >= 15 is 0 Å². The summed E-state index contributed by atoms with van der Waals surface area (Å²) in [6.45, 7) is 2.15. The van der Waals surface area contributed by atoms with Crippen molar-refractivity contribution in [3.63, 3.8) is 0 Å². The van der Waals surface area contributed by atoms with Crippen LogP contribution in [0.2, 0.25) is 0 Å². The third-order valence-electron chi connectivity index (χ3n) is 4.68. The molecule has 2 heterocycles. The predicted molar refractivity (Wildman–Crippen MR) is 90.1 cm³/mol. The molecule has 2 aromatic carbocycles. The third-order valence-corrected chi connectivity index (χ3v) is 4.68. The summed E-state index contributed by atoms with van der Waals surface area (Å²) < 4.78 is 0. The zero-order chi connectivity index (χ0) is 15.2. The van der Waals surface area contributed by atoms with Gasteiger partial charge in [0.1, 0.15) is 0 Å². The van der Waals surface area contributed by atoms with Crippen molar-refractivity contribution in [2.24, 2.45) is 0 Å². The van der Waals surface area contributed by atoms with E-state index in [1.807, 2.05) is 36.7 Å². The number of H-pyrrole nitrogens is 2. The average molecular weight is 290 g/mol. The van der Waals surface area contributed by atoms with Gasteiger partial charge in [-0.05, 0) is 30.2 Å². The Morgan fingerprint density at radius 3 is 1.73 bits per heavy atom. The Kier molecular flexibility index (Phi) is 2.84. The molecule has 0 aliphatic carbocycles. The van der Waals surface area contributed by atoms with E-state index in [4.69, 9.17) is 0 Å². The summed E-state index contributed by atoms with van der Waals surface area (Å²) in [4.78, 5) is 6.63. The number of hydrogen-bond donors (Lipinski definition) is 3. The van der Waals surface area contributed by atoms with Crippen LogP contribution in [0.1, 0.15) is 18.1 Å². The van der Waals surface area contributed by atoms with Crippen LogP contribution in [-0.4, -0.2) is 21.7 Å². The van der Waals surface area contributed by atoms with E-state index in [9.17, 15) is 5.11 Å². The first-order valence-electron chi connectivity index (χ1n) is 7.48. The lowest BCUT2D eigenvalue weighted by Gasteiger charge is -2.27. The number of aliphatic hydroxyl groups excluding tert-OH is 1. The minimum atomic E-state index is -0.459. The molecule has 0 radical (unpaired) electrons. The van der Waals surface area contributed by atoms with Gasteiger partial charge < -0.3 is 15.1 Å². The van der Waals surface area contributed by atoms with E-state index in [0.29, 0.717) is 0 Å². The lowest BCUT2D eigenvalue weighted by atomic mass is 9.76. The summed E-state index contributed by atoms with van der Waals surface area (Å²) in [5.41, 5.74) is 3.97. The van der Waals surface area contributed by atoms with Gasteiger partial charge in [0.2, 0.25) is 0 Å². The molecule has 0 aliphatic heterocycles. The first-order chi connectivity index (χ1) is 10.7. The first-order valence-corrected chi connectivity index (χ1v) is 7.48. The first kappa shape index (κ1) is 13.2. The van der Waals surface area contributed by atoms with Crippen molar-refractivity contribution in [3.8, 4) is 0 Å². The number of nitrogens with one attached hydrogen (secondary N) is 2. The van der Waals surface area contributed by atoms with Gasteiger partial charge in [-0.3, -0.25) is 0 Å². The van der Waals surface area contributed by atoms with Gasteiger partial charge in [0, 0.05) is 39.6 Å². The van der Waals surface area contributed by atoms with E-state index < -0.39 is 5.41 Å². The lowest BCUT2D eigenvalue weighted by molar-refractivity contribution is 0.233. The summed E-state index contributed by atoms with van der Waals surface area (Å²) in [6.07, 6.45) is 4.03. The molecule has 0 atom stereocenters. The fraction of sp³-hybridized carbons (Fsp3) is 0.158. The number of para-hydroxylation sites is 2. The summed E-state index contributed by atoms with van der Waals surface area (Å²) in [6, 6.07) is 16.4. The van der Waals surface area contributed by atoms with Crippen LogP contribution < -0.4 is 0 Å². The molecule has 4 aromatic rings. The van der Waals surface area contributed by atoms with E-state index in [1.165, 1.54) is 0 Å². The Morgan fingerprint density at radius 1 is 0.818 bits per heavy atom. The van der Waals surface area contributed by atoms with Crippen molar-refractivity contribution in [1.82, 2.24) is 9.97 Å². The molecule has 0 unspecified atom stereocenters. The second-order valence-corrected chi connectivity index (χ2v) is 5.99. The number of aromatic nitrogens is 2. The van der Waals surface area contributed by atoms with Crippen molar-refractivity contribution < 1.29 is 5.11 Å². The maximum atomic E-state index is 10.2. The molecular weight excluding hydrogens is 272 g/mol. The van der Waals surface area contributed by atoms with Crippen LogP contribution in [0, 0.1) is 0 Å². The summed E-state index contributed by atoms with van der Waals surface area (Å²) >= 11 is 0. The molecule has 110 valence electrons. The molecule has 0 bridgehead atoms. The van der Waals surface area contributed by atoms with Crippen LogP contribution >= 0.6 is 0 Å². The summed E-state index contributed by atoms with van der Waals surface area (Å²) in [5.74, 6) is 0. The largest absolute Gasteiger partial charge is 0.395 e. The second-order valence-electron chi connectivity index (χ2n) is 5.99. The second kappa shape index (κ2) is 4.75. The van der Waals surface area contributed by atoms with Gasteiger partial charge in [-0.1, -0.05) is 36.4 Å². The molecule has 0 spiro atoms. The highest BCUT2D eigenvalue weighted by molar-refractivity contribution is 5.89. The minimum absolute atomic E-state index is 0.0523. The molecule has 3 N–H and O–H groups in total. The van der Waals surface area contributed by atoms with E-state index in [2.05, 4.69) is 41.2 Å². The number of aromatic amines is 2. The van der Waals surface area contributed by atoms with Crippen molar-refractivity contribution in [1.29, 1.82) is 0 Å². The molecular formula is C19H18N2O. The quantitative estimate of drug-likeness (QED) is 0.526. The standard InChI is InChI=1S/C19H18N2O/c1-19(12-22,15-10-20-17-8-4-2-6-13(15)17)16-11-21-18-9-5-3-7-14(16)18/h2-11,20-22H,12H2,1H3. The molecule has 2 aromatic heterocycles. The smallest absolute Gasteiger partial charge is 0.0567 e. The fourth-order valence-electron chi connectivity index (χ4n) is 3.37. The van der Waals surface area contributed by atoms with Crippen LogP contribution in [0.25, 0.3) is 21.8 Å². The van der Waals surface area contributed by atoms with Gasteiger partial charge >= 0.3 is 0 Å². The highest BCUT2D eigenvalue weighted by Gasteiger charge is 2.32. The Morgan fingerprint density at radius 2 is 1.27 bits per heavy atom. The van der Waals surface area contributed by atoms with E-state index in [0.717, 1.165) is 32.9 Å². The summed E-state index contributed by atoms with van der Waals surface area (Å²) in [5, 5.41) is 12.5. The molecule has 3 nitrogen and oxygen atoms in total. The third kappa shape index (κ3) is 1.72. The molecule has 22 heavy (non-hydrogen) atoms. The molecule has 0 saturated carbocycles. The Hall–Kier alpha value is -2.52. The molecule has 4 rings (SSSR count). The van der Waals surface area contributed by atoms with Crippen LogP contribution in [0.4, 0.5) is 0 Å². The van der Waals surface area contributed by atoms with Gasteiger partial charge in [0.05, 0.1) is 6.61 Å². The van der Waals surface area contributed by atoms with Crippen LogP contribution in [0.3, 0.4) is 0 Å². The van der Waals surface area contributed by atoms with Crippen molar-refractivity contribution in [2.75, 3.05) is 6.61 Å².